The normalized spacial score (nSPS) is 16.4. The van der Waals surface area contributed by atoms with E-state index in [-0.39, 0.29) is 38.1 Å². The van der Waals surface area contributed by atoms with Gasteiger partial charge in [-0.05, 0) is 71.1 Å². The van der Waals surface area contributed by atoms with Crippen molar-refractivity contribution in [1.29, 1.82) is 0 Å². The number of carbonyl (C=O) groups excluding carboxylic acids is 3. The molecule has 1 aliphatic rings. The zero-order valence-electron chi connectivity index (χ0n) is 23.8. The van der Waals surface area contributed by atoms with Crippen LogP contribution in [0.15, 0.2) is 18.2 Å². The summed E-state index contributed by atoms with van der Waals surface area (Å²) in [5.74, 6) is -3.58. The second-order valence-electron chi connectivity index (χ2n) is 11.1. The highest BCUT2D eigenvalue weighted by Crippen LogP contribution is 2.44. The highest BCUT2D eigenvalue weighted by molar-refractivity contribution is 5.85. The molecule has 0 saturated heterocycles. The summed E-state index contributed by atoms with van der Waals surface area (Å²) in [7, 11) is 1.56. The van der Waals surface area contributed by atoms with Crippen LogP contribution in [0.25, 0.3) is 0 Å². The molecule has 39 heavy (non-hydrogen) atoms. The minimum absolute atomic E-state index is 0.0325. The van der Waals surface area contributed by atoms with Gasteiger partial charge in [-0.25, -0.2) is 8.78 Å². The number of carbonyl (C=O) groups is 3. The van der Waals surface area contributed by atoms with Crippen LogP contribution in [0.3, 0.4) is 0 Å². The van der Waals surface area contributed by atoms with Crippen molar-refractivity contribution < 1.29 is 42.1 Å². The van der Waals surface area contributed by atoms with E-state index in [2.05, 4.69) is 5.32 Å². The smallest absolute Gasteiger partial charge is 0.309 e. The van der Waals surface area contributed by atoms with Crippen LogP contribution in [0, 0.1) is 23.0 Å². The monoisotopic (exact) mass is 555 g/mol. The van der Waals surface area contributed by atoms with Gasteiger partial charge in [0.15, 0.2) is 11.6 Å². The third kappa shape index (κ3) is 10.8. The van der Waals surface area contributed by atoms with Gasteiger partial charge in [-0.15, -0.1) is 0 Å². The molecule has 1 aromatic rings. The summed E-state index contributed by atoms with van der Waals surface area (Å²) in [6, 6.07) is 2.75. The van der Waals surface area contributed by atoms with Gasteiger partial charge in [0.2, 0.25) is 5.91 Å². The van der Waals surface area contributed by atoms with Crippen molar-refractivity contribution in [3.05, 3.63) is 35.4 Å². The highest BCUT2D eigenvalue weighted by Gasteiger charge is 2.45. The average Bonchev–Trinajstić information content (AvgIpc) is 3.33. The Kier molecular flexibility index (Phi) is 12.8. The van der Waals surface area contributed by atoms with E-state index in [4.69, 9.17) is 18.9 Å². The lowest BCUT2D eigenvalue weighted by Gasteiger charge is -2.34. The largest absolute Gasteiger partial charge is 0.466 e. The van der Waals surface area contributed by atoms with E-state index in [1.54, 1.807) is 34.8 Å². The minimum atomic E-state index is -0.983. The Bertz CT molecular complexity index is 957. The lowest BCUT2D eigenvalue weighted by molar-refractivity contribution is -0.162. The van der Waals surface area contributed by atoms with Crippen LogP contribution < -0.4 is 5.32 Å². The quantitative estimate of drug-likeness (QED) is 0.309. The standard InChI is InChI=1S/C29H43F2NO7/c1-6-38-25(33)16-22(19-37-18-20-9-10-23(30)24(31)15-20)32-27(35)29(12-7-8-13-29)17-21(11-14-36-5)26(34)39-28(2,3)4/h9-10,15,21-22H,6-8,11-14,16-19H2,1-5H3,(H,32,35)/t21-,22+/m1/s1. The fraction of sp³-hybridized carbons (Fsp3) is 0.690. The number of benzene rings is 1. The molecule has 0 spiro atoms. The molecule has 1 fully saturated rings. The van der Waals surface area contributed by atoms with Crippen molar-refractivity contribution in [2.75, 3.05) is 26.9 Å². The maximum Gasteiger partial charge on any atom is 0.309 e. The molecule has 0 aromatic heterocycles. The molecule has 10 heteroatoms. The second kappa shape index (κ2) is 15.3. The number of esters is 2. The third-order valence-electron chi connectivity index (χ3n) is 6.72. The molecule has 1 aliphatic carbocycles. The third-order valence-corrected chi connectivity index (χ3v) is 6.72. The van der Waals surface area contributed by atoms with Crippen LogP contribution >= 0.6 is 0 Å². The Hall–Kier alpha value is -2.59. The number of halogens is 2. The van der Waals surface area contributed by atoms with Crippen LogP contribution in [0.4, 0.5) is 8.78 Å². The van der Waals surface area contributed by atoms with Crippen molar-refractivity contribution in [1.82, 2.24) is 5.32 Å². The molecule has 2 rings (SSSR count). The lowest BCUT2D eigenvalue weighted by atomic mass is 9.75. The minimum Gasteiger partial charge on any atom is -0.466 e. The number of hydrogen-bond acceptors (Lipinski definition) is 7. The zero-order chi connectivity index (χ0) is 29.1. The molecule has 1 amide bonds. The summed E-state index contributed by atoms with van der Waals surface area (Å²) in [4.78, 5) is 39.1. The summed E-state index contributed by atoms with van der Waals surface area (Å²) < 4.78 is 48.4. The van der Waals surface area contributed by atoms with Crippen LogP contribution in [0.1, 0.15) is 78.2 Å². The predicted molar refractivity (Wildman–Crippen MR) is 141 cm³/mol. The van der Waals surface area contributed by atoms with Gasteiger partial charge < -0.3 is 24.3 Å². The van der Waals surface area contributed by atoms with Crippen LogP contribution in [-0.2, 0) is 39.9 Å². The molecule has 0 heterocycles. The molecule has 0 unspecified atom stereocenters. The Morgan fingerprint density at radius 1 is 1.10 bits per heavy atom. The molecule has 0 bridgehead atoms. The molecule has 2 atom stereocenters. The average molecular weight is 556 g/mol. The van der Waals surface area contributed by atoms with Gasteiger partial charge in [-0.2, -0.15) is 0 Å². The van der Waals surface area contributed by atoms with Crippen LogP contribution in [0.5, 0.6) is 0 Å². The lowest BCUT2D eigenvalue weighted by Crippen LogP contribution is -2.48. The maximum atomic E-state index is 13.8. The summed E-state index contributed by atoms with van der Waals surface area (Å²) in [5, 5.41) is 2.96. The predicted octanol–water partition coefficient (Wildman–Crippen LogP) is 4.86. The molecule has 8 nitrogen and oxygen atoms in total. The van der Waals surface area contributed by atoms with Gasteiger partial charge in [0, 0.05) is 13.7 Å². The van der Waals surface area contributed by atoms with Crippen molar-refractivity contribution in [3.8, 4) is 0 Å². The van der Waals surface area contributed by atoms with Crippen molar-refractivity contribution in [2.45, 2.75) is 90.9 Å². The Morgan fingerprint density at radius 2 is 1.79 bits per heavy atom. The van der Waals surface area contributed by atoms with Gasteiger partial charge in [0.1, 0.15) is 5.60 Å². The van der Waals surface area contributed by atoms with E-state index in [1.807, 2.05) is 0 Å². The van der Waals surface area contributed by atoms with E-state index < -0.39 is 40.6 Å². The fourth-order valence-corrected chi connectivity index (χ4v) is 4.86. The van der Waals surface area contributed by atoms with Crippen molar-refractivity contribution in [3.63, 3.8) is 0 Å². The molecule has 0 aliphatic heterocycles. The number of methoxy groups -OCH3 is 1. The summed E-state index contributed by atoms with van der Waals surface area (Å²) in [6.45, 7) is 7.56. The number of nitrogens with one attached hydrogen (secondary N) is 1. The Morgan fingerprint density at radius 3 is 2.38 bits per heavy atom. The molecule has 1 saturated carbocycles. The van der Waals surface area contributed by atoms with E-state index in [0.717, 1.165) is 25.0 Å². The molecule has 0 radical (unpaired) electrons. The number of rotatable bonds is 15. The molecular formula is C29H43F2NO7. The number of amides is 1. The zero-order valence-corrected chi connectivity index (χ0v) is 23.8. The number of hydrogen-bond donors (Lipinski definition) is 1. The van der Waals surface area contributed by atoms with Gasteiger partial charge in [0.25, 0.3) is 0 Å². The van der Waals surface area contributed by atoms with Crippen LogP contribution in [0.2, 0.25) is 0 Å². The van der Waals surface area contributed by atoms with Gasteiger partial charge in [-0.3, -0.25) is 14.4 Å². The van der Waals surface area contributed by atoms with E-state index >= 15 is 0 Å². The summed E-state index contributed by atoms with van der Waals surface area (Å²) in [6.07, 6.45) is 3.50. The Labute approximate surface area is 230 Å². The topological polar surface area (TPSA) is 100 Å². The highest BCUT2D eigenvalue weighted by atomic mass is 19.2. The first-order valence-corrected chi connectivity index (χ1v) is 13.6. The summed E-state index contributed by atoms with van der Waals surface area (Å²) in [5.41, 5.74) is -1.05. The van der Waals surface area contributed by atoms with E-state index in [9.17, 15) is 23.2 Å². The molecule has 220 valence electrons. The molecular weight excluding hydrogens is 512 g/mol. The first kappa shape index (κ1) is 32.6. The first-order chi connectivity index (χ1) is 18.4. The fourth-order valence-electron chi connectivity index (χ4n) is 4.86. The molecule has 1 aromatic carbocycles. The van der Waals surface area contributed by atoms with Gasteiger partial charge >= 0.3 is 11.9 Å². The van der Waals surface area contributed by atoms with Crippen molar-refractivity contribution in [2.24, 2.45) is 11.3 Å². The van der Waals surface area contributed by atoms with Crippen molar-refractivity contribution >= 4 is 17.8 Å². The summed E-state index contributed by atoms with van der Waals surface area (Å²) >= 11 is 0. The number of ether oxygens (including phenoxy) is 4. The van der Waals surface area contributed by atoms with E-state index in [0.29, 0.717) is 37.9 Å². The van der Waals surface area contributed by atoms with E-state index in [1.165, 1.54) is 6.07 Å². The Balaban J connectivity index is 2.16. The molecule has 1 N–H and O–H groups in total. The SMILES string of the molecule is CCOC(=O)C[C@@H](COCc1ccc(F)c(F)c1)NC(=O)C1(C[C@@H](CCOC)C(=O)OC(C)(C)C)CCCC1. The van der Waals surface area contributed by atoms with Gasteiger partial charge in [0.05, 0.1) is 43.6 Å². The second-order valence-corrected chi connectivity index (χ2v) is 11.1. The maximum absolute atomic E-state index is 13.8. The van der Waals surface area contributed by atoms with Gasteiger partial charge in [-0.1, -0.05) is 18.9 Å². The first-order valence-electron chi connectivity index (χ1n) is 13.6. The van der Waals surface area contributed by atoms with Crippen LogP contribution in [-0.4, -0.2) is 56.4 Å².